The van der Waals surface area contributed by atoms with E-state index in [9.17, 15) is 0 Å². The highest BCUT2D eigenvalue weighted by Gasteiger charge is 2.22. The number of aromatic nitrogens is 1. The summed E-state index contributed by atoms with van der Waals surface area (Å²) in [7, 11) is 2.17. The highest BCUT2D eigenvalue weighted by Crippen LogP contribution is 2.31. The van der Waals surface area contributed by atoms with Crippen LogP contribution in [0.15, 0.2) is 18.2 Å². The smallest absolute Gasteiger partial charge is 0.0648 e. The van der Waals surface area contributed by atoms with E-state index >= 15 is 0 Å². The lowest BCUT2D eigenvalue weighted by molar-refractivity contribution is 0.238. The molecule has 1 aliphatic heterocycles. The number of aromatic amines is 1. The van der Waals surface area contributed by atoms with Gasteiger partial charge >= 0.3 is 0 Å². The average molecular weight is 264 g/mol. The van der Waals surface area contributed by atoms with Crippen molar-refractivity contribution in [3.05, 3.63) is 34.5 Å². The van der Waals surface area contributed by atoms with Gasteiger partial charge < -0.3 is 15.2 Å². The summed E-state index contributed by atoms with van der Waals surface area (Å²) in [6, 6.07) is 6.44. The van der Waals surface area contributed by atoms with E-state index in [4.69, 9.17) is 11.6 Å². The number of para-hydroxylation sites is 1. The molecule has 0 radical (unpaired) electrons. The first kappa shape index (κ1) is 12.0. The maximum atomic E-state index is 6.25. The monoisotopic (exact) mass is 263 g/mol. The zero-order valence-electron chi connectivity index (χ0n) is 10.8. The van der Waals surface area contributed by atoms with E-state index in [1.54, 1.807) is 0 Å². The summed E-state index contributed by atoms with van der Waals surface area (Å²) < 4.78 is 0. The minimum Gasteiger partial charge on any atom is -0.356 e. The predicted molar refractivity (Wildman–Crippen MR) is 76.3 cm³/mol. The molecule has 1 atom stereocenters. The molecule has 1 unspecified atom stereocenters. The number of piperazine rings is 1. The number of H-pyrrole nitrogens is 1. The van der Waals surface area contributed by atoms with Crippen LogP contribution in [0, 0.1) is 6.92 Å². The number of rotatable bonds is 1. The molecule has 96 valence electrons. The molecule has 1 saturated heterocycles. The Morgan fingerprint density at radius 2 is 2.22 bits per heavy atom. The molecular weight excluding hydrogens is 246 g/mol. The first-order valence-corrected chi connectivity index (χ1v) is 6.73. The zero-order valence-corrected chi connectivity index (χ0v) is 11.5. The molecule has 1 aliphatic rings. The highest BCUT2D eigenvalue weighted by molar-refractivity contribution is 6.35. The quantitative estimate of drug-likeness (QED) is 0.829. The normalized spacial score (nSPS) is 21.6. The third kappa shape index (κ3) is 1.92. The molecule has 2 heterocycles. The van der Waals surface area contributed by atoms with Gasteiger partial charge in [-0.25, -0.2) is 0 Å². The fourth-order valence-corrected chi connectivity index (χ4v) is 3.00. The van der Waals surface area contributed by atoms with E-state index in [0.717, 1.165) is 30.2 Å². The topological polar surface area (TPSA) is 31.1 Å². The molecule has 0 amide bonds. The van der Waals surface area contributed by atoms with E-state index in [1.165, 1.54) is 16.6 Å². The van der Waals surface area contributed by atoms with Crippen molar-refractivity contribution in [1.29, 1.82) is 0 Å². The summed E-state index contributed by atoms with van der Waals surface area (Å²) >= 11 is 6.25. The van der Waals surface area contributed by atoms with Gasteiger partial charge in [-0.15, -0.1) is 0 Å². The second-order valence-corrected chi connectivity index (χ2v) is 5.50. The van der Waals surface area contributed by atoms with E-state index in [0.29, 0.717) is 6.04 Å². The van der Waals surface area contributed by atoms with Crippen LogP contribution in [0.4, 0.5) is 0 Å². The van der Waals surface area contributed by atoms with Crippen LogP contribution in [0.5, 0.6) is 0 Å². The lowest BCUT2D eigenvalue weighted by Crippen LogP contribution is -2.44. The molecular formula is C14H18ClN3. The molecule has 2 N–H and O–H groups in total. The number of halogens is 1. The van der Waals surface area contributed by atoms with Crippen molar-refractivity contribution in [1.82, 2.24) is 15.2 Å². The van der Waals surface area contributed by atoms with E-state index < -0.39 is 0 Å². The van der Waals surface area contributed by atoms with E-state index in [2.05, 4.69) is 35.2 Å². The lowest BCUT2D eigenvalue weighted by Gasteiger charge is -2.30. The maximum absolute atomic E-state index is 6.25. The number of hydrogen-bond donors (Lipinski definition) is 2. The number of nitrogens with one attached hydrogen (secondary N) is 2. The van der Waals surface area contributed by atoms with Crippen LogP contribution in [0.3, 0.4) is 0 Å². The Morgan fingerprint density at radius 3 is 2.94 bits per heavy atom. The summed E-state index contributed by atoms with van der Waals surface area (Å²) in [5.74, 6) is 0. The van der Waals surface area contributed by atoms with Crippen LogP contribution in [0.2, 0.25) is 5.02 Å². The average Bonchev–Trinajstić information content (AvgIpc) is 2.69. The van der Waals surface area contributed by atoms with Gasteiger partial charge in [0, 0.05) is 30.7 Å². The summed E-state index contributed by atoms with van der Waals surface area (Å²) in [5, 5.41) is 5.60. The Labute approximate surface area is 112 Å². The molecule has 4 heteroatoms. The molecule has 0 spiro atoms. The van der Waals surface area contributed by atoms with E-state index in [-0.39, 0.29) is 0 Å². The van der Waals surface area contributed by atoms with Gasteiger partial charge in [-0.05, 0) is 25.6 Å². The van der Waals surface area contributed by atoms with Gasteiger partial charge in [-0.3, -0.25) is 0 Å². The van der Waals surface area contributed by atoms with Crippen LogP contribution < -0.4 is 5.32 Å². The van der Waals surface area contributed by atoms with Crippen molar-refractivity contribution in [2.75, 3.05) is 26.7 Å². The largest absolute Gasteiger partial charge is 0.356 e. The number of likely N-dealkylation sites (N-methyl/N-ethyl adjacent to an activating group) is 1. The number of nitrogens with zero attached hydrogens (tertiary/aromatic N) is 1. The van der Waals surface area contributed by atoms with Gasteiger partial charge in [0.05, 0.1) is 16.6 Å². The number of benzene rings is 1. The summed E-state index contributed by atoms with van der Waals surface area (Å²) in [6.45, 7) is 5.34. The van der Waals surface area contributed by atoms with Gasteiger partial charge in [-0.1, -0.05) is 23.7 Å². The van der Waals surface area contributed by atoms with Crippen molar-refractivity contribution in [3.63, 3.8) is 0 Å². The highest BCUT2D eigenvalue weighted by atomic mass is 35.5. The number of hydrogen-bond acceptors (Lipinski definition) is 2. The third-order valence-corrected chi connectivity index (χ3v) is 4.12. The fraction of sp³-hybridized carbons (Fsp3) is 0.429. The first-order valence-electron chi connectivity index (χ1n) is 6.35. The molecule has 1 aromatic heterocycles. The van der Waals surface area contributed by atoms with Crippen molar-refractivity contribution >= 4 is 22.5 Å². The molecule has 1 aromatic carbocycles. The maximum Gasteiger partial charge on any atom is 0.0648 e. The molecule has 0 saturated carbocycles. The summed E-state index contributed by atoms with van der Waals surface area (Å²) in [5.41, 5.74) is 3.63. The molecule has 3 rings (SSSR count). The second-order valence-electron chi connectivity index (χ2n) is 5.10. The minimum absolute atomic E-state index is 0.368. The minimum atomic E-state index is 0.368. The van der Waals surface area contributed by atoms with E-state index in [1.807, 2.05) is 12.1 Å². The molecule has 3 nitrogen and oxygen atoms in total. The molecule has 0 bridgehead atoms. The third-order valence-electron chi connectivity index (χ3n) is 3.81. The van der Waals surface area contributed by atoms with Gasteiger partial charge in [0.15, 0.2) is 0 Å². The van der Waals surface area contributed by atoms with Crippen LogP contribution in [0.1, 0.15) is 17.3 Å². The number of fused-ring (bicyclic) bond motifs is 1. The Kier molecular flexibility index (Phi) is 3.06. The van der Waals surface area contributed by atoms with Gasteiger partial charge in [0.1, 0.15) is 0 Å². The van der Waals surface area contributed by atoms with Crippen LogP contribution in [-0.4, -0.2) is 36.6 Å². The molecule has 2 aromatic rings. The van der Waals surface area contributed by atoms with Crippen LogP contribution >= 0.6 is 11.6 Å². The Bertz CT molecular complexity index is 576. The van der Waals surface area contributed by atoms with Crippen LogP contribution in [-0.2, 0) is 0 Å². The van der Waals surface area contributed by atoms with Crippen molar-refractivity contribution in [2.24, 2.45) is 0 Å². The Morgan fingerprint density at radius 1 is 1.39 bits per heavy atom. The van der Waals surface area contributed by atoms with Crippen molar-refractivity contribution in [2.45, 2.75) is 13.0 Å². The van der Waals surface area contributed by atoms with Crippen LogP contribution in [0.25, 0.3) is 10.9 Å². The second kappa shape index (κ2) is 4.57. The van der Waals surface area contributed by atoms with Gasteiger partial charge in [0.2, 0.25) is 0 Å². The van der Waals surface area contributed by atoms with Crippen molar-refractivity contribution in [3.8, 4) is 0 Å². The number of aryl methyl sites for hydroxylation is 1. The SMILES string of the molecule is Cc1c(C2CN(C)CCN2)[nH]c2c(Cl)cccc12. The lowest BCUT2D eigenvalue weighted by atomic mass is 10.1. The molecule has 18 heavy (non-hydrogen) atoms. The molecule has 0 aliphatic carbocycles. The van der Waals surface area contributed by atoms with Gasteiger partial charge in [-0.2, -0.15) is 0 Å². The summed E-state index contributed by atoms with van der Waals surface area (Å²) in [4.78, 5) is 5.86. The zero-order chi connectivity index (χ0) is 12.7. The van der Waals surface area contributed by atoms with Gasteiger partial charge in [0.25, 0.3) is 0 Å². The predicted octanol–water partition coefficient (Wildman–Crippen LogP) is 2.71. The Balaban J connectivity index is 2.06. The van der Waals surface area contributed by atoms with Crippen molar-refractivity contribution < 1.29 is 0 Å². The summed E-state index contributed by atoms with van der Waals surface area (Å²) in [6.07, 6.45) is 0. The first-order chi connectivity index (χ1) is 8.66. The molecule has 1 fully saturated rings. The fourth-order valence-electron chi connectivity index (χ4n) is 2.78. The standard InChI is InChI=1S/C14H18ClN3/c1-9-10-4-3-5-11(15)14(10)17-13(9)12-8-18(2)7-6-16-12/h3-5,12,16-17H,6-8H2,1-2H3. The Hall–Kier alpha value is -1.03.